The number of benzene rings is 1. The first-order valence-electron chi connectivity index (χ1n) is 9.24. The third-order valence-electron chi connectivity index (χ3n) is 4.78. The molecule has 2 aromatic rings. The summed E-state index contributed by atoms with van der Waals surface area (Å²) in [5.41, 5.74) is 2.12. The molecule has 27 heavy (non-hydrogen) atoms. The van der Waals surface area contributed by atoms with Crippen LogP contribution in [0.1, 0.15) is 35.9 Å². The van der Waals surface area contributed by atoms with Crippen LogP contribution in [-0.4, -0.2) is 52.3 Å². The maximum Gasteiger partial charge on any atom is 0.272 e. The van der Waals surface area contributed by atoms with Crippen LogP contribution in [0.5, 0.6) is 0 Å². The number of halogens is 1. The zero-order chi connectivity index (χ0) is 19.4. The van der Waals surface area contributed by atoms with E-state index in [2.05, 4.69) is 10.4 Å². The molecule has 2 heterocycles. The second kappa shape index (κ2) is 8.33. The lowest BCUT2D eigenvalue weighted by Crippen LogP contribution is -2.39. The van der Waals surface area contributed by atoms with E-state index in [0.29, 0.717) is 25.2 Å². The molecule has 1 saturated heterocycles. The van der Waals surface area contributed by atoms with E-state index in [0.717, 1.165) is 11.4 Å². The number of likely N-dealkylation sites (tertiary alicyclic amines) is 1. The molecule has 2 amide bonds. The van der Waals surface area contributed by atoms with Crippen molar-refractivity contribution in [1.82, 2.24) is 20.0 Å². The number of rotatable bonds is 6. The minimum Gasteiger partial charge on any atom is -0.346 e. The van der Waals surface area contributed by atoms with Gasteiger partial charge in [-0.2, -0.15) is 5.10 Å². The summed E-state index contributed by atoms with van der Waals surface area (Å²) in [4.78, 5) is 26.4. The monoisotopic (exact) mass is 372 g/mol. The highest BCUT2D eigenvalue weighted by molar-refractivity contribution is 5.92. The largest absolute Gasteiger partial charge is 0.346 e. The van der Waals surface area contributed by atoms with Crippen LogP contribution in [0.2, 0.25) is 0 Å². The molecule has 7 heteroatoms. The second-order valence-corrected chi connectivity index (χ2v) is 7.18. The highest BCUT2D eigenvalue weighted by Crippen LogP contribution is 2.15. The fraction of sp³-hybridized carbons (Fsp3) is 0.450. The molecule has 1 fully saturated rings. The molecule has 0 spiro atoms. The Balaban J connectivity index is 1.59. The molecule has 0 aliphatic carbocycles. The number of amides is 2. The molecule has 1 aromatic carbocycles. The number of aryl methyl sites for hydroxylation is 1. The van der Waals surface area contributed by atoms with Crippen LogP contribution < -0.4 is 5.32 Å². The Kier molecular flexibility index (Phi) is 5.88. The van der Waals surface area contributed by atoms with Gasteiger partial charge in [0, 0.05) is 31.2 Å². The summed E-state index contributed by atoms with van der Waals surface area (Å²) in [6, 6.07) is 11.3. The average Bonchev–Trinajstić information content (AvgIpc) is 3.29. The Bertz CT molecular complexity index is 806. The molecule has 1 aromatic heterocycles. The van der Waals surface area contributed by atoms with Crippen molar-refractivity contribution < 1.29 is 14.0 Å². The molecule has 1 N–H and O–H groups in total. The van der Waals surface area contributed by atoms with Crippen LogP contribution >= 0.6 is 0 Å². The number of carbonyl (C=O) groups excluding carboxylic acids is 2. The smallest absolute Gasteiger partial charge is 0.272 e. The third-order valence-corrected chi connectivity index (χ3v) is 4.78. The lowest BCUT2D eigenvalue weighted by atomic mass is 10.1. The van der Waals surface area contributed by atoms with Gasteiger partial charge < -0.3 is 10.2 Å². The van der Waals surface area contributed by atoms with Gasteiger partial charge in [0.2, 0.25) is 5.91 Å². The molecule has 1 aliphatic rings. The number of para-hydroxylation sites is 1. The second-order valence-electron chi connectivity index (χ2n) is 7.18. The highest BCUT2D eigenvalue weighted by Gasteiger charge is 2.28. The molecular formula is C20H25FN4O2. The quantitative estimate of drug-likeness (QED) is 0.847. The predicted molar refractivity (Wildman–Crippen MR) is 101 cm³/mol. The van der Waals surface area contributed by atoms with Crippen LogP contribution in [0, 0.1) is 12.8 Å². The fourth-order valence-electron chi connectivity index (χ4n) is 3.26. The first-order chi connectivity index (χ1) is 13.0. The van der Waals surface area contributed by atoms with Gasteiger partial charge in [0.1, 0.15) is 0 Å². The maximum atomic E-state index is 12.6. The molecule has 3 rings (SSSR count). The minimum absolute atomic E-state index is 0.0545. The molecule has 2 atom stereocenters. The highest BCUT2D eigenvalue weighted by atomic mass is 19.1. The summed E-state index contributed by atoms with van der Waals surface area (Å²) < 4.78 is 14.3. The van der Waals surface area contributed by atoms with Gasteiger partial charge in [0.05, 0.1) is 12.4 Å². The lowest BCUT2D eigenvalue weighted by molar-refractivity contribution is -0.131. The van der Waals surface area contributed by atoms with Crippen molar-refractivity contribution in [3.8, 4) is 5.69 Å². The average molecular weight is 372 g/mol. The van der Waals surface area contributed by atoms with Crippen molar-refractivity contribution in [2.24, 2.45) is 5.92 Å². The molecule has 0 radical (unpaired) electrons. The van der Waals surface area contributed by atoms with Gasteiger partial charge in [-0.05, 0) is 37.5 Å². The molecule has 1 aliphatic heterocycles. The van der Waals surface area contributed by atoms with Gasteiger partial charge in [0.15, 0.2) is 5.69 Å². The Morgan fingerprint density at radius 2 is 2.07 bits per heavy atom. The van der Waals surface area contributed by atoms with Crippen LogP contribution in [0.25, 0.3) is 5.69 Å². The number of aromatic nitrogens is 2. The summed E-state index contributed by atoms with van der Waals surface area (Å²) in [5.74, 6) is -0.568. The number of nitrogens with one attached hydrogen (secondary N) is 1. The molecule has 144 valence electrons. The van der Waals surface area contributed by atoms with Crippen molar-refractivity contribution in [3.63, 3.8) is 0 Å². The van der Waals surface area contributed by atoms with Crippen LogP contribution in [-0.2, 0) is 4.79 Å². The molecule has 6 nitrogen and oxygen atoms in total. The Morgan fingerprint density at radius 3 is 2.78 bits per heavy atom. The van der Waals surface area contributed by atoms with E-state index < -0.39 is 6.67 Å². The Hall–Kier alpha value is -2.70. The van der Waals surface area contributed by atoms with E-state index in [-0.39, 0.29) is 30.2 Å². The number of alkyl halides is 1. The van der Waals surface area contributed by atoms with E-state index in [1.807, 2.05) is 37.3 Å². The molecule has 0 bridgehead atoms. The van der Waals surface area contributed by atoms with Crippen molar-refractivity contribution in [3.05, 3.63) is 47.8 Å². The number of hydrogen-bond donors (Lipinski definition) is 1. The van der Waals surface area contributed by atoms with Crippen molar-refractivity contribution in [2.45, 2.75) is 32.7 Å². The van der Waals surface area contributed by atoms with Crippen LogP contribution in [0.3, 0.4) is 0 Å². The van der Waals surface area contributed by atoms with E-state index >= 15 is 0 Å². The van der Waals surface area contributed by atoms with Gasteiger partial charge in [0.25, 0.3) is 5.91 Å². The molecule has 0 saturated carbocycles. The molecular weight excluding hydrogens is 347 g/mol. The Morgan fingerprint density at radius 1 is 1.33 bits per heavy atom. The fourth-order valence-corrected chi connectivity index (χ4v) is 3.26. The predicted octanol–water partition coefficient (Wildman–Crippen LogP) is 2.51. The summed E-state index contributed by atoms with van der Waals surface area (Å²) in [5, 5.41) is 7.37. The zero-order valence-electron chi connectivity index (χ0n) is 15.7. The van der Waals surface area contributed by atoms with E-state index in [1.165, 1.54) is 0 Å². The summed E-state index contributed by atoms with van der Waals surface area (Å²) >= 11 is 0. The van der Waals surface area contributed by atoms with Crippen molar-refractivity contribution in [2.75, 3.05) is 19.8 Å². The minimum atomic E-state index is -0.497. The Labute approximate surface area is 158 Å². The molecule has 1 unspecified atom stereocenters. The maximum absolute atomic E-state index is 12.6. The van der Waals surface area contributed by atoms with Crippen molar-refractivity contribution in [1.29, 1.82) is 0 Å². The SMILES string of the molecule is Cc1cc(C(=O)N[C@@H]2CCN(C(=O)CC(C)CF)C2)nn1-c1ccccc1. The summed E-state index contributed by atoms with van der Waals surface area (Å²) in [7, 11) is 0. The summed E-state index contributed by atoms with van der Waals surface area (Å²) in [6.07, 6.45) is 0.901. The normalized spacial score (nSPS) is 17.7. The van der Waals surface area contributed by atoms with Crippen LogP contribution in [0.15, 0.2) is 36.4 Å². The van der Waals surface area contributed by atoms with E-state index in [4.69, 9.17) is 0 Å². The zero-order valence-corrected chi connectivity index (χ0v) is 15.7. The topological polar surface area (TPSA) is 67.2 Å². The summed E-state index contributed by atoms with van der Waals surface area (Å²) in [6.45, 7) is 4.17. The van der Waals surface area contributed by atoms with Gasteiger partial charge in [-0.3, -0.25) is 14.0 Å². The van der Waals surface area contributed by atoms with E-state index in [1.54, 1.807) is 22.6 Å². The van der Waals surface area contributed by atoms with Crippen LogP contribution in [0.4, 0.5) is 4.39 Å². The van der Waals surface area contributed by atoms with E-state index in [9.17, 15) is 14.0 Å². The van der Waals surface area contributed by atoms with Crippen molar-refractivity contribution >= 4 is 11.8 Å². The number of nitrogens with zero attached hydrogens (tertiary/aromatic N) is 3. The van der Waals surface area contributed by atoms with Gasteiger partial charge in [-0.25, -0.2) is 4.68 Å². The number of carbonyl (C=O) groups is 2. The first kappa shape index (κ1) is 19.1. The van der Waals surface area contributed by atoms with Gasteiger partial charge >= 0.3 is 0 Å². The standard InChI is InChI=1S/C20H25FN4O2/c1-14(12-21)10-19(26)24-9-8-16(13-24)22-20(27)18-11-15(2)25(23-18)17-6-4-3-5-7-17/h3-7,11,14,16H,8-10,12-13H2,1-2H3,(H,22,27)/t14?,16-/m1/s1. The third kappa shape index (κ3) is 4.53. The van der Waals surface area contributed by atoms with Gasteiger partial charge in [-0.1, -0.05) is 25.1 Å². The lowest BCUT2D eigenvalue weighted by Gasteiger charge is -2.18. The first-order valence-corrected chi connectivity index (χ1v) is 9.24. The number of hydrogen-bond acceptors (Lipinski definition) is 3. The van der Waals surface area contributed by atoms with Gasteiger partial charge in [-0.15, -0.1) is 0 Å².